The number of aromatic nitrogens is 2. The Kier molecular flexibility index (Phi) is 4.61. The smallest absolute Gasteiger partial charge is 0.246 e. The third-order valence-corrected chi connectivity index (χ3v) is 4.11. The maximum absolute atomic E-state index is 12.6. The van der Waals surface area contributed by atoms with E-state index in [-0.39, 0.29) is 11.8 Å². The van der Waals surface area contributed by atoms with E-state index in [0.29, 0.717) is 6.42 Å². The van der Waals surface area contributed by atoms with Crippen LogP contribution in [0.25, 0.3) is 0 Å². The predicted octanol–water partition coefficient (Wildman–Crippen LogP) is 1.59. The summed E-state index contributed by atoms with van der Waals surface area (Å²) in [6.45, 7) is 0. The molecule has 2 heterocycles. The molecule has 7 nitrogen and oxygen atoms in total. The average molecular weight is 327 g/mol. The van der Waals surface area contributed by atoms with E-state index in [0.717, 1.165) is 35.3 Å². The van der Waals surface area contributed by atoms with Crippen LogP contribution in [-0.2, 0) is 23.1 Å². The van der Waals surface area contributed by atoms with Crippen LogP contribution in [0.15, 0.2) is 30.6 Å². The maximum atomic E-state index is 12.6. The summed E-state index contributed by atoms with van der Waals surface area (Å²) in [5.41, 5.74) is 3.40. The molecule has 1 unspecified atom stereocenters. The van der Waals surface area contributed by atoms with Gasteiger partial charge in [0.25, 0.3) is 0 Å². The lowest BCUT2D eigenvalue weighted by Gasteiger charge is -2.16. The normalized spacial score (nSPS) is 15.2. The fraction of sp³-hybridized carbons (Fsp3) is 0.353. The molecule has 1 aromatic carbocycles. The van der Waals surface area contributed by atoms with E-state index in [1.807, 2.05) is 25.4 Å². The Morgan fingerprint density at radius 1 is 1.38 bits per heavy atom. The molecule has 0 bridgehead atoms. The van der Waals surface area contributed by atoms with Gasteiger partial charge >= 0.3 is 0 Å². The van der Waals surface area contributed by atoms with Crippen molar-refractivity contribution in [3.8, 4) is 0 Å². The van der Waals surface area contributed by atoms with Gasteiger partial charge in [0.05, 0.1) is 6.20 Å². The number of carbonyl (C=O) groups is 2. The average Bonchev–Trinajstić information content (AvgIpc) is 2.87. The van der Waals surface area contributed by atoms with E-state index < -0.39 is 6.04 Å². The zero-order valence-electron chi connectivity index (χ0n) is 13.8. The standard InChI is InChI=1S/C17H21N5O2/c1-18-16(12-9-19-22(2)10-12)17(24)20-13-6-7-14-11(8-13)4-3-5-15(23)21-14/h6-10,16,18H,3-5H2,1-2H3,(H,20,24)(H,21,23). The lowest BCUT2D eigenvalue weighted by Crippen LogP contribution is -2.30. The molecule has 0 saturated heterocycles. The molecule has 3 N–H and O–H groups in total. The number of hydrogen-bond acceptors (Lipinski definition) is 4. The van der Waals surface area contributed by atoms with Gasteiger partial charge in [-0.1, -0.05) is 0 Å². The third kappa shape index (κ3) is 3.46. The van der Waals surface area contributed by atoms with E-state index in [2.05, 4.69) is 21.0 Å². The van der Waals surface area contributed by atoms with Gasteiger partial charge in [0, 0.05) is 36.6 Å². The van der Waals surface area contributed by atoms with Crippen LogP contribution in [-0.4, -0.2) is 28.6 Å². The number of nitrogens with one attached hydrogen (secondary N) is 3. The van der Waals surface area contributed by atoms with Crippen molar-refractivity contribution in [3.05, 3.63) is 41.7 Å². The second-order valence-corrected chi connectivity index (χ2v) is 5.93. The molecule has 7 heteroatoms. The Morgan fingerprint density at radius 3 is 2.92 bits per heavy atom. The molecule has 2 aromatic rings. The maximum Gasteiger partial charge on any atom is 0.246 e. The monoisotopic (exact) mass is 327 g/mol. The van der Waals surface area contributed by atoms with Gasteiger partial charge < -0.3 is 16.0 Å². The Labute approximate surface area is 140 Å². The van der Waals surface area contributed by atoms with Crippen molar-refractivity contribution in [2.45, 2.75) is 25.3 Å². The van der Waals surface area contributed by atoms with E-state index in [9.17, 15) is 9.59 Å². The third-order valence-electron chi connectivity index (χ3n) is 4.11. The lowest BCUT2D eigenvalue weighted by atomic mass is 10.1. The first kappa shape index (κ1) is 16.2. The van der Waals surface area contributed by atoms with Gasteiger partial charge in [0.15, 0.2) is 0 Å². The molecular weight excluding hydrogens is 306 g/mol. The molecule has 1 aromatic heterocycles. The Balaban J connectivity index is 1.76. The van der Waals surface area contributed by atoms with Gasteiger partial charge in [-0.25, -0.2) is 0 Å². The van der Waals surface area contributed by atoms with Crippen molar-refractivity contribution in [1.82, 2.24) is 15.1 Å². The number of hydrogen-bond donors (Lipinski definition) is 3. The second kappa shape index (κ2) is 6.84. The zero-order valence-corrected chi connectivity index (χ0v) is 13.8. The van der Waals surface area contributed by atoms with Crippen molar-refractivity contribution in [3.63, 3.8) is 0 Å². The van der Waals surface area contributed by atoms with E-state index in [1.54, 1.807) is 24.0 Å². The molecule has 0 fully saturated rings. The molecule has 0 spiro atoms. The summed E-state index contributed by atoms with van der Waals surface area (Å²) in [6.07, 6.45) is 5.64. The molecule has 1 atom stereocenters. The van der Waals surface area contributed by atoms with E-state index in [4.69, 9.17) is 0 Å². The van der Waals surface area contributed by atoms with E-state index >= 15 is 0 Å². The van der Waals surface area contributed by atoms with Gasteiger partial charge in [0.2, 0.25) is 11.8 Å². The summed E-state index contributed by atoms with van der Waals surface area (Å²) in [5, 5.41) is 12.9. The van der Waals surface area contributed by atoms with Crippen LogP contribution in [0.3, 0.4) is 0 Å². The Morgan fingerprint density at radius 2 is 2.21 bits per heavy atom. The molecule has 1 aliphatic heterocycles. The molecule has 126 valence electrons. The Bertz CT molecular complexity index is 768. The highest BCUT2D eigenvalue weighted by atomic mass is 16.2. The predicted molar refractivity (Wildman–Crippen MR) is 91.6 cm³/mol. The van der Waals surface area contributed by atoms with Gasteiger partial charge in [-0.2, -0.15) is 5.10 Å². The van der Waals surface area contributed by atoms with Crippen molar-refractivity contribution >= 4 is 23.2 Å². The van der Waals surface area contributed by atoms with Crippen LogP contribution in [0.4, 0.5) is 11.4 Å². The number of benzene rings is 1. The topological polar surface area (TPSA) is 88.1 Å². The Hall–Kier alpha value is -2.67. The van der Waals surface area contributed by atoms with Crippen molar-refractivity contribution < 1.29 is 9.59 Å². The fourth-order valence-corrected chi connectivity index (χ4v) is 2.91. The first-order valence-corrected chi connectivity index (χ1v) is 7.96. The van der Waals surface area contributed by atoms with Crippen molar-refractivity contribution in [2.24, 2.45) is 7.05 Å². The highest BCUT2D eigenvalue weighted by Crippen LogP contribution is 2.26. The van der Waals surface area contributed by atoms with Crippen LogP contribution in [0.2, 0.25) is 0 Å². The summed E-state index contributed by atoms with van der Waals surface area (Å²) >= 11 is 0. The van der Waals surface area contributed by atoms with Crippen molar-refractivity contribution in [1.29, 1.82) is 0 Å². The van der Waals surface area contributed by atoms with Gasteiger partial charge in [-0.15, -0.1) is 0 Å². The number of nitrogens with zero attached hydrogens (tertiary/aromatic N) is 2. The van der Waals surface area contributed by atoms with Gasteiger partial charge in [-0.05, 0) is 43.7 Å². The van der Waals surface area contributed by atoms with Crippen LogP contribution in [0, 0.1) is 0 Å². The quantitative estimate of drug-likeness (QED) is 0.796. The number of amides is 2. The SMILES string of the molecule is CNC(C(=O)Nc1ccc2c(c1)CCCC(=O)N2)c1cnn(C)c1. The van der Waals surface area contributed by atoms with Crippen molar-refractivity contribution in [2.75, 3.05) is 17.7 Å². The highest BCUT2D eigenvalue weighted by molar-refractivity contribution is 5.97. The summed E-state index contributed by atoms with van der Waals surface area (Å²) in [7, 11) is 3.55. The van der Waals surface area contributed by atoms with E-state index in [1.165, 1.54) is 0 Å². The highest BCUT2D eigenvalue weighted by Gasteiger charge is 2.21. The minimum Gasteiger partial charge on any atom is -0.326 e. The first-order chi connectivity index (χ1) is 11.6. The van der Waals surface area contributed by atoms with Crippen LogP contribution in [0.5, 0.6) is 0 Å². The molecule has 0 saturated carbocycles. The number of anilines is 2. The summed E-state index contributed by atoms with van der Waals surface area (Å²) in [4.78, 5) is 24.2. The molecule has 0 aliphatic carbocycles. The lowest BCUT2D eigenvalue weighted by molar-refractivity contribution is -0.118. The number of rotatable bonds is 4. The number of aryl methyl sites for hydroxylation is 2. The minimum atomic E-state index is -0.475. The molecule has 24 heavy (non-hydrogen) atoms. The largest absolute Gasteiger partial charge is 0.326 e. The summed E-state index contributed by atoms with van der Waals surface area (Å²) < 4.78 is 1.66. The van der Waals surface area contributed by atoms with Gasteiger partial charge in [0.1, 0.15) is 6.04 Å². The van der Waals surface area contributed by atoms with Gasteiger partial charge in [-0.3, -0.25) is 14.3 Å². The minimum absolute atomic E-state index is 0.0392. The zero-order chi connectivity index (χ0) is 17.1. The van der Waals surface area contributed by atoms with Crippen LogP contribution < -0.4 is 16.0 Å². The van der Waals surface area contributed by atoms with Crippen LogP contribution >= 0.6 is 0 Å². The molecule has 2 amide bonds. The summed E-state index contributed by atoms with van der Waals surface area (Å²) in [5.74, 6) is -0.111. The van der Waals surface area contributed by atoms with Crippen LogP contribution in [0.1, 0.15) is 30.0 Å². The molecule has 3 rings (SSSR count). The first-order valence-electron chi connectivity index (χ1n) is 7.96. The second-order valence-electron chi connectivity index (χ2n) is 5.93. The molecule has 1 aliphatic rings. The number of likely N-dealkylation sites (N-methyl/N-ethyl adjacent to an activating group) is 1. The summed E-state index contributed by atoms with van der Waals surface area (Å²) in [6, 6.07) is 5.09. The number of carbonyl (C=O) groups excluding carboxylic acids is 2. The molecular formula is C17H21N5O2. The number of fused-ring (bicyclic) bond motifs is 1. The fourth-order valence-electron chi connectivity index (χ4n) is 2.91. The molecule has 0 radical (unpaired) electrons.